The molecule has 1 aliphatic carbocycles. The molecule has 0 aliphatic heterocycles. The number of aliphatic hydroxyl groups excluding tert-OH is 3. The third kappa shape index (κ3) is 7.02. The third-order valence-electron chi connectivity index (χ3n) is 7.88. The normalized spacial score (nSPS) is 15.1. The summed E-state index contributed by atoms with van der Waals surface area (Å²) >= 11 is 0. The van der Waals surface area contributed by atoms with Gasteiger partial charge in [-0.3, -0.25) is 9.52 Å². The van der Waals surface area contributed by atoms with Gasteiger partial charge >= 0.3 is 5.63 Å². The number of nitrogens with zero attached hydrogens (tertiary/aromatic N) is 1. The van der Waals surface area contributed by atoms with Crippen molar-refractivity contribution in [2.45, 2.75) is 48.3 Å². The Labute approximate surface area is 258 Å². The molecule has 9 N–H and O–H groups in total. The minimum absolute atomic E-state index is 0.00853. The molecular weight excluding hydrogens is 606 g/mol. The number of imidazole rings is 1. The minimum Gasteiger partial charge on any atom is -0.507 e. The van der Waals surface area contributed by atoms with Gasteiger partial charge in [0.1, 0.15) is 17.0 Å². The van der Waals surface area contributed by atoms with Crippen LogP contribution in [0.3, 0.4) is 0 Å². The Balaban J connectivity index is 1.33. The molecule has 15 heteroatoms. The zero-order valence-electron chi connectivity index (χ0n) is 24.1. The van der Waals surface area contributed by atoms with Gasteiger partial charge in [-0.25, -0.2) is 9.78 Å². The Kier molecular flexibility index (Phi) is 9.27. The highest BCUT2D eigenvalue weighted by atomic mass is 32.2. The number of aliphatic hydroxyl groups is 3. The second-order valence-electron chi connectivity index (χ2n) is 11.3. The fourth-order valence-electron chi connectivity index (χ4n) is 5.16. The summed E-state index contributed by atoms with van der Waals surface area (Å²) in [5, 5.41) is 41.4. The van der Waals surface area contributed by atoms with Crippen LogP contribution in [-0.4, -0.2) is 76.1 Å². The Morgan fingerprint density at radius 2 is 1.80 bits per heavy atom. The number of aryl methyl sites for hydroxylation is 1. The summed E-state index contributed by atoms with van der Waals surface area (Å²) in [7, 11) is -4.07. The van der Waals surface area contributed by atoms with Gasteiger partial charge in [0.25, 0.3) is 10.0 Å². The average Bonchev–Trinajstić information content (AvgIpc) is 3.76. The van der Waals surface area contributed by atoms with Crippen molar-refractivity contribution in [1.29, 1.82) is 0 Å². The van der Waals surface area contributed by atoms with Crippen LogP contribution in [0, 0.1) is 5.92 Å². The van der Waals surface area contributed by atoms with Gasteiger partial charge in [-0.05, 0) is 55.0 Å². The highest BCUT2D eigenvalue weighted by Gasteiger charge is 2.38. The number of nitrogens with one attached hydrogen (secondary N) is 3. The van der Waals surface area contributed by atoms with Crippen LogP contribution >= 0.6 is 0 Å². The Morgan fingerprint density at radius 1 is 1.09 bits per heavy atom. The van der Waals surface area contributed by atoms with Gasteiger partial charge < -0.3 is 40.9 Å². The van der Waals surface area contributed by atoms with Crippen molar-refractivity contribution in [3.8, 4) is 5.75 Å². The monoisotopic (exact) mass is 641 g/mol. The molecule has 45 heavy (non-hydrogen) atoms. The lowest BCUT2D eigenvalue weighted by molar-refractivity contribution is -0.126. The molecule has 240 valence electrons. The molecule has 1 saturated carbocycles. The number of H-pyrrole nitrogens is 1. The van der Waals surface area contributed by atoms with E-state index in [9.17, 15) is 38.4 Å². The molecule has 2 heterocycles. The number of amides is 1. The summed E-state index contributed by atoms with van der Waals surface area (Å²) in [5.74, 6) is -1.50. The van der Waals surface area contributed by atoms with E-state index in [-0.39, 0.29) is 46.7 Å². The summed E-state index contributed by atoms with van der Waals surface area (Å²) in [6, 6.07) is 13.7. The minimum atomic E-state index is -4.07. The predicted molar refractivity (Wildman–Crippen MR) is 163 cm³/mol. The van der Waals surface area contributed by atoms with Crippen molar-refractivity contribution >= 4 is 32.7 Å². The lowest BCUT2D eigenvalue weighted by atomic mass is 9.87. The number of anilines is 1. The summed E-state index contributed by atoms with van der Waals surface area (Å²) in [5.41, 5.74) is 5.50. The molecule has 1 fully saturated rings. The molecule has 0 spiro atoms. The van der Waals surface area contributed by atoms with E-state index in [0.717, 1.165) is 12.8 Å². The first kappa shape index (κ1) is 32.1. The van der Waals surface area contributed by atoms with E-state index in [1.807, 2.05) is 0 Å². The Bertz CT molecular complexity index is 1810. The van der Waals surface area contributed by atoms with Gasteiger partial charge in [0.2, 0.25) is 11.1 Å². The SMILES string of the molecule is NC(CCc1cc(O)c(C(c2cccc(NS(=O)(=O)c3nc4ccccc4[nH]3)c2)C2CC2)c(=O)o1)C(=O)NC(CO)(CO)CO. The summed E-state index contributed by atoms with van der Waals surface area (Å²) in [4.78, 5) is 32.6. The molecule has 5 rings (SSSR count). The lowest BCUT2D eigenvalue weighted by Gasteiger charge is -2.30. The first-order valence-corrected chi connectivity index (χ1v) is 15.8. The van der Waals surface area contributed by atoms with Crippen molar-refractivity contribution < 1.29 is 38.1 Å². The maximum Gasteiger partial charge on any atom is 0.343 e. The smallest absolute Gasteiger partial charge is 0.343 e. The van der Waals surface area contributed by atoms with E-state index in [4.69, 9.17) is 10.2 Å². The molecule has 0 saturated heterocycles. The van der Waals surface area contributed by atoms with E-state index in [2.05, 4.69) is 20.0 Å². The summed E-state index contributed by atoms with van der Waals surface area (Å²) in [6.45, 7) is -2.12. The van der Waals surface area contributed by atoms with Gasteiger partial charge in [0.15, 0.2) is 0 Å². The molecule has 2 atom stereocenters. The van der Waals surface area contributed by atoms with Crippen LogP contribution < -0.4 is 21.4 Å². The molecule has 14 nitrogen and oxygen atoms in total. The lowest BCUT2D eigenvalue weighted by Crippen LogP contribution is -2.60. The van der Waals surface area contributed by atoms with Crippen LogP contribution in [-0.2, 0) is 21.2 Å². The number of aromatic hydroxyl groups is 1. The number of aromatic nitrogens is 2. The number of fused-ring (bicyclic) bond motifs is 1. The highest BCUT2D eigenvalue weighted by Crippen LogP contribution is 2.48. The number of rotatable bonds is 14. The number of carbonyl (C=O) groups excluding carboxylic acids is 1. The highest BCUT2D eigenvalue weighted by molar-refractivity contribution is 7.92. The Hall–Kier alpha value is -4.28. The zero-order valence-corrected chi connectivity index (χ0v) is 25.0. The van der Waals surface area contributed by atoms with Crippen LogP contribution in [0.15, 0.2) is 69.0 Å². The van der Waals surface area contributed by atoms with Gasteiger partial charge in [0.05, 0.1) is 42.5 Å². The van der Waals surface area contributed by atoms with Crippen molar-refractivity contribution in [3.05, 3.63) is 81.9 Å². The van der Waals surface area contributed by atoms with Crippen LogP contribution in [0.4, 0.5) is 5.69 Å². The summed E-state index contributed by atoms with van der Waals surface area (Å²) in [6.07, 6.45) is 1.59. The number of carbonyl (C=O) groups is 1. The number of hydrogen-bond acceptors (Lipinski definition) is 11. The Morgan fingerprint density at radius 3 is 2.44 bits per heavy atom. The first-order chi connectivity index (χ1) is 21.5. The van der Waals surface area contributed by atoms with Crippen LogP contribution in [0.25, 0.3) is 11.0 Å². The number of aromatic amines is 1. The number of nitrogens with two attached hydrogens (primary N) is 1. The van der Waals surface area contributed by atoms with E-state index in [0.29, 0.717) is 16.6 Å². The number of hydrogen-bond donors (Lipinski definition) is 8. The average molecular weight is 642 g/mol. The third-order valence-corrected chi connectivity index (χ3v) is 9.08. The predicted octanol–water partition coefficient (Wildman–Crippen LogP) is 0.656. The molecule has 1 aliphatic rings. The molecule has 0 radical (unpaired) electrons. The number of para-hydroxylation sites is 2. The molecule has 0 bridgehead atoms. The van der Waals surface area contributed by atoms with Crippen molar-refractivity contribution in [2.24, 2.45) is 11.7 Å². The van der Waals surface area contributed by atoms with Gasteiger partial charge in [-0.2, -0.15) is 8.42 Å². The van der Waals surface area contributed by atoms with Crippen LogP contribution in [0.1, 0.15) is 42.1 Å². The number of sulfonamides is 1. The molecule has 2 aromatic carbocycles. The number of benzene rings is 2. The quantitative estimate of drug-likeness (QED) is 0.0951. The van der Waals surface area contributed by atoms with Crippen molar-refractivity contribution in [2.75, 3.05) is 24.5 Å². The van der Waals surface area contributed by atoms with E-state index < -0.39 is 58.9 Å². The van der Waals surface area contributed by atoms with Gasteiger partial charge in [0, 0.05) is 24.1 Å². The topological polar surface area (TPSA) is 241 Å². The standard InChI is InChI=1S/C30H35N5O9S/c31-21(27(40)34-30(14-36,15-37)16-38)11-10-20-13-24(39)26(28(41)44-20)25(17-8-9-17)18-4-3-5-19(12-18)35-45(42,43)29-32-22-6-1-2-7-23(22)33-29/h1-7,12-13,17,21,25,35-39H,8-11,14-16,31H2,(H,32,33)(H,34,40). The molecular formula is C30H35N5O9S. The fourth-order valence-corrected chi connectivity index (χ4v) is 6.16. The zero-order chi connectivity index (χ0) is 32.4. The van der Waals surface area contributed by atoms with E-state index in [1.54, 1.807) is 48.5 Å². The largest absolute Gasteiger partial charge is 0.507 e. The second-order valence-corrected chi connectivity index (χ2v) is 12.9. The van der Waals surface area contributed by atoms with Gasteiger partial charge in [-0.15, -0.1) is 0 Å². The first-order valence-electron chi connectivity index (χ1n) is 14.3. The molecule has 2 aromatic heterocycles. The fraction of sp³-hybridized carbons (Fsp3) is 0.367. The maximum atomic E-state index is 13.2. The van der Waals surface area contributed by atoms with E-state index >= 15 is 0 Å². The molecule has 1 amide bonds. The van der Waals surface area contributed by atoms with Crippen LogP contribution in [0.2, 0.25) is 0 Å². The molecule has 2 unspecified atom stereocenters. The van der Waals surface area contributed by atoms with E-state index in [1.165, 1.54) is 6.07 Å². The molecule has 4 aromatic rings. The maximum absolute atomic E-state index is 13.2. The van der Waals surface area contributed by atoms with Crippen molar-refractivity contribution in [3.63, 3.8) is 0 Å². The van der Waals surface area contributed by atoms with Crippen LogP contribution in [0.5, 0.6) is 5.75 Å². The van der Waals surface area contributed by atoms with Gasteiger partial charge in [-0.1, -0.05) is 24.3 Å². The van der Waals surface area contributed by atoms with Crippen molar-refractivity contribution in [1.82, 2.24) is 15.3 Å². The summed E-state index contributed by atoms with van der Waals surface area (Å²) < 4.78 is 34.3. The second kappa shape index (κ2) is 13.0.